The fraction of sp³-hybridized carbons (Fsp3) is 1.00. The Hall–Kier alpha value is -0.120. The monoisotopic (exact) mass is 239 g/mol. The molecule has 2 aliphatic rings. The SMILES string of the molecule is CN(C)C1(CN(C)C2(CN)CCCC2)CCC1. The number of hydrogen-bond acceptors (Lipinski definition) is 3. The van der Waals surface area contributed by atoms with Crippen LogP contribution in [0.15, 0.2) is 0 Å². The summed E-state index contributed by atoms with van der Waals surface area (Å²) in [6.07, 6.45) is 9.40. The van der Waals surface area contributed by atoms with Gasteiger partial charge in [-0.1, -0.05) is 12.8 Å². The minimum Gasteiger partial charge on any atom is -0.329 e. The van der Waals surface area contributed by atoms with Crippen LogP contribution in [0.4, 0.5) is 0 Å². The summed E-state index contributed by atoms with van der Waals surface area (Å²) >= 11 is 0. The Morgan fingerprint density at radius 2 is 1.41 bits per heavy atom. The van der Waals surface area contributed by atoms with Crippen LogP contribution >= 0.6 is 0 Å². The Kier molecular flexibility index (Phi) is 3.81. The van der Waals surface area contributed by atoms with Crippen LogP contribution < -0.4 is 5.73 Å². The lowest BCUT2D eigenvalue weighted by molar-refractivity contribution is -0.00617. The molecule has 2 saturated carbocycles. The van der Waals surface area contributed by atoms with Crippen molar-refractivity contribution < 1.29 is 0 Å². The Morgan fingerprint density at radius 3 is 1.76 bits per heavy atom. The molecule has 2 aliphatic carbocycles. The van der Waals surface area contributed by atoms with E-state index < -0.39 is 0 Å². The van der Waals surface area contributed by atoms with Gasteiger partial charge in [0.15, 0.2) is 0 Å². The molecule has 0 aromatic rings. The minimum absolute atomic E-state index is 0.304. The molecular weight excluding hydrogens is 210 g/mol. The van der Waals surface area contributed by atoms with Gasteiger partial charge in [-0.3, -0.25) is 4.90 Å². The van der Waals surface area contributed by atoms with Crippen LogP contribution in [0, 0.1) is 0 Å². The average molecular weight is 239 g/mol. The molecular formula is C14H29N3. The number of likely N-dealkylation sites (N-methyl/N-ethyl adjacent to an activating group) is 2. The van der Waals surface area contributed by atoms with E-state index in [1.807, 2.05) is 0 Å². The fourth-order valence-electron chi connectivity index (χ4n) is 3.72. The zero-order chi connectivity index (χ0) is 12.5. The number of hydrogen-bond donors (Lipinski definition) is 1. The zero-order valence-electron chi connectivity index (χ0n) is 11.8. The van der Waals surface area contributed by atoms with Crippen molar-refractivity contribution in [1.29, 1.82) is 0 Å². The van der Waals surface area contributed by atoms with E-state index in [9.17, 15) is 0 Å². The molecule has 0 heterocycles. The van der Waals surface area contributed by atoms with E-state index in [0.29, 0.717) is 11.1 Å². The summed E-state index contributed by atoms with van der Waals surface area (Å²) in [6, 6.07) is 0. The van der Waals surface area contributed by atoms with E-state index in [4.69, 9.17) is 5.73 Å². The van der Waals surface area contributed by atoms with Gasteiger partial charge < -0.3 is 10.6 Å². The molecule has 2 fully saturated rings. The Morgan fingerprint density at radius 1 is 0.882 bits per heavy atom. The molecule has 0 aliphatic heterocycles. The summed E-state index contributed by atoms with van der Waals surface area (Å²) in [5.74, 6) is 0. The summed E-state index contributed by atoms with van der Waals surface area (Å²) in [6.45, 7) is 2.02. The molecule has 0 radical (unpaired) electrons. The molecule has 2 rings (SSSR count). The van der Waals surface area contributed by atoms with Gasteiger partial charge in [0, 0.05) is 24.2 Å². The van der Waals surface area contributed by atoms with Gasteiger partial charge in [0.2, 0.25) is 0 Å². The second-order valence-electron chi connectivity index (χ2n) is 6.46. The molecule has 0 aromatic carbocycles. The van der Waals surface area contributed by atoms with Crippen LogP contribution in [0.5, 0.6) is 0 Å². The molecule has 0 spiro atoms. The summed E-state index contributed by atoms with van der Waals surface area (Å²) in [4.78, 5) is 5.02. The molecule has 0 amide bonds. The van der Waals surface area contributed by atoms with Gasteiger partial charge in [0.25, 0.3) is 0 Å². The molecule has 0 atom stereocenters. The van der Waals surface area contributed by atoms with Gasteiger partial charge in [0.1, 0.15) is 0 Å². The number of nitrogens with two attached hydrogens (primary N) is 1. The summed E-state index contributed by atoms with van der Waals surface area (Å²) in [5, 5.41) is 0. The Bertz CT molecular complexity index is 252. The van der Waals surface area contributed by atoms with Crippen molar-refractivity contribution >= 4 is 0 Å². The van der Waals surface area contributed by atoms with Gasteiger partial charge in [-0.25, -0.2) is 0 Å². The highest BCUT2D eigenvalue weighted by Crippen LogP contribution is 2.40. The lowest BCUT2D eigenvalue weighted by Gasteiger charge is -2.52. The quantitative estimate of drug-likeness (QED) is 0.792. The predicted molar refractivity (Wildman–Crippen MR) is 73.2 cm³/mol. The number of rotatable bonds is 5. The minimum atomic E-state index is 0.304. The first-order valence-electron chi connectivity index (χ1n) is 7.13. The molecule has 3 nitrogen and oxygen atoms in total. The van der Waals surface area contributed by atoms with Crippen LogP contribution in [0.25, 0.3) is 0 Å². The van der Waals surface area contributed by atoms with Crippen molar-refractivity contribution in [3.8, 4) is 0 Å². The number of nitrogens with zero attached hydrogens (tertiary/aromatic N) is 2. The van der Waals surface area contributed by atoms with E-state index in [-0.39, 0.29) is 0 Å². The topological polar surface area (TPSA) is 32.5 Å². The molecule has 17 heavy (non-hydrogen) atoms. The normalized spacial score (nSPS) is 26.5. The van der Waals surface area contributed by atoms with Gasteiger partial charge in [-0.15, -0.1) is 0 Å². The summed E-state index contributed by atoms with van der Waals surface area (Å²) < 4.78 is 0. The van der Waals surface area contributed by atoms with Crippen molar-refractivity contribution in [1.82, 2.24) is 9.80 Å². The third kappa shape index (κ3) is 2.25. The highest BCUT2D eigenvalue weighted by atomic mass is 15.3. The predicted octanol–water partition coefficient (Wildman–Crippen LogP) is 1.67. The lowest BCUT2D eigenvalue weighted by atomic mass is 9.74. The Balaban J connectivity index is 2.02. The van der Waals surface area contributed by atoms with Gasteiger partial charge in [0.05, 0.1) is 0 Å². The standard InChI is InChI=1S/C14H29N3/c1-16(2)14(9-6-10-14)12-17(3)13(11-15)7-4-5-8-13/h4-12,15H2,1-3H3. The largest absolute Gasteiger partial charge is 0.329 e. The second-order valence-corrected chi connectivity index (χ2v) is 6.46. The molecule has 3 heteroatoms. The first-order valence-corrected chi connectivity index (χ1v) is 7.13. The maximum atomic E-state index is 6.07. The molecule has 100 valence electrons. The van der Waals surface area contributed by atoms with E-state index in [1.165, 1.54) is 51.5 Å². The summed E-state index contributed by atoms with van der Waals surface area (Å²) in [7, 11) is 6.76. The third-order valence-corrected chi connectivity index (χ3v) is 5.49. The van der Waals surface area contributed by atoms with Crippen molar-refractivity contribution in [3.63, 3.8) is 0 Å². The van der Waals surface area contributed by atoms with Crippen molar-refractivity contribution in [2.24, 2.45) is 5.73 Å². The van der Waals surface area contributed by atoms with Gasteiger partial charge in [-0.2, -0.15) is 0 Å². The lowest BCUT2D eigenvalue weighted by Crippen LogP contribution is -2.61. The van der Waals surface area contributed by atoms with Crippen molar-refractivity contribution in [2.75, 3.05) is 34.2 Å². The zero-order valence-corrected chi connectivity index (χ0v) is 11.8. The van der Waals surface area contributed by atoms with Crippen LogP contribution in [0.2, 0.25) is 0 Å². The second kappa shape index (κ2) is 4.87. The maximum absolute atomic E-state index is 6.07. The van der Waals surface area contributed by atoms with Crippen molar-refractivity contribution in [2.45, 2.75) is 56.0 Å². The van der Waals surface area contributed by atoms with Crippen molar-refractivity contribution in [3.05, 3.63) is 0 Å². The van der Waals surface area contributed by atoms with Gasteiger partial charge >= 0.3 is 0 Å². The molecule has 0 saturated heterocycles. The summed E-state index contributed by atoms with van der Waals surface area (Å²) in [5.41, 5.74) is 6.80. The van der Waals surface area contributed by atoms with Crippen LogP contribution in [0.1, 0.15) is 44.9 Å². The third-order valence-electron chi connectivity index (χ3n) is 5.49. The average Bonchev–Trinajstić information content (AvgIpc) is 2.72. The van der Waals surface area contributed by atoms with E-state index >= 15 is 0 Å². The van der Waals surface area contributed by atoms with E-state index in [1.54, 1.807) is 0 Å². The van der Waals surface area contributed by atoms with Crippen LogP contribution in [-0.2, 0) is 0 Å². The highest BCUT2D eigenvalue weighted by Gasteiger charge is 2.44. The molecule has 2 N–H and O–H groups in total. The molecule has 0 bridgehead atoms. The molecule has 0 aromatic heterocycles. The fourth-order valence-corrected chi connectivity index (χ4v) is 3.72. The smallest absolute Gasteiger partial charge is 0.0330 e. The van der Waals surface area contributed by atoms with E-state index in [2.05, 4.69) is 30.9 Å². The molecule has 0 unspecified atom stereocenters. The van der Waals surface area contributed by atoms with E-state index in [0.717, 1.165) is 6.54 Å². The highest BCUT2D eigenvalue weighted by molar-refractivity contribution is 5.03. The maximum Gasteiger partial charge on any atom is 0.0330 e. The van der Waals surface area contributed by atoms with Crippen LogP contribution in [0.3, 0.4) is 0 Å². The van der Waals surface area contributed by atoms with Gasteiger partial charge in [-0.05, 0) is 53.2 Å². The Labute approximate surface area is 106 Å². The van der Waals surface area contributed by atoms with Crippen LogP contribution in [-0.4, -0.2) is 55.1 Å². The first-order chi connectivity index (χ1) is 8.05. The first kappa shape index (κ1) is 13.3.